The van der Waals surface area contributed by atoms with Gasteiger partial charge in [0.15, 0.2) is 0 Å². The molecular formula is C12H12N2O2S. The molecule has 1 atom stereocenters. The molecule has 88 valence electrons. The third-order valence-corrected chi connectivity index (χ3v) is 3.77. The number of carboxylic acid groups (broad SMARTS) is 1. The molecule has 0 aliphatic carbocycles. The fraction of sp³-hybridized carbons (Fsp3) is 0.333. The quantitative estimate of drug-likeness (QED) is 0.860. The Labute approximate surface area is 104 Å². The van der Waals surface area contributed by atoms with Gasteiger partial charge in [-0.05, 0) is 12.1 Å². The predicted molar refractivity (Wildman–Crippen MR) is 67.3 cm³/mol. The number of nitriles is 1. The summed E-state index contributed by atoms with van der Waals surface area (Å²) in [5, 5.41) is 18.2. The molecule has 1 aliphatic rings. The van der Waals surface area contributed by atoms with Crippen LogP contribution >= 0.6 is 11.8 Å². The first-order valence-electron chi connectivity index (χ1n) is 5.30. The maximum atomic E-state index is 11.2. The number of carboxylic acids is 1. The summed E-state index contributed by atoms with van der Waals surface area (Å²) in [7, 11) is 0. The van der Waals surface area contributed by atoms with E-state index in [2.05, 4.69) is 6.07 Å². The second kappa shape index (κ2) is 5.11. The molecule has 0 aromatic heterocycles. The largest absolute Gasteiger partial charge is 0.480 e. The number of aliphatic carboxylic acids is 1. The Morgan fingerprint density at radius 3 is 3.00 bits per heavy atom. The predicted octanol–water partition coefficient (Wildman–Crippen LogP) is 1.56. The highest BCUT2D eigenvalue weighted by atomic mass is 32.2. The molecule has 1 fully saturated rings. The monoisotopic (exact) mass is 248 g/mol. The Hall–Kier alpha value is -1.67. The zero-order valence-corrected chi connectivity index (χ0v) is 9.98. The average Bonchev–Trinajstić information content (AvgIpc) is 2.38. The summed E-state index contributed by atoms with van der Waals surface area (Å²) in [6.07, 6.45) is 0. The van der Waals surface area contributed by atoms with Crippen molar-refractivity contribution in [1.29, 1.82) is 5.26 Å². The number of rotatable bonds is 2. The lowest BCUT2D eigenvalue weighted by Crippen LogP contribution is -2.47. The van der Waals surface area contributed by atoms with E-state index in [-0.39, 0.29) is 0 Å². The minimum Gasteiger partial charge on any atom is -0.480 e. The summed E-state index contributed by atoms with van der Waals surface area (Å²) < 4.78 is 0. The van der Waals surface area contributed by atoms with Crippen LogP contribution in [0.2, 0.25) is 0 Å². The fourth-order valence-corrected chi connectivity index (χ4v) is 2.95. The summed E-state index contributed by atoms with van der Waals surface area (Å²) >= 11 is 1.64. The molecule has 0 bridgehead atoms. The zero-order valence-electron chi connectivity index (χ0n) is 9.17. The van der Waals surface area contributed by atoms with E-state index in [9.17, 15) is 9.90 Å². The van der Waals surface area contributed by atoms with Gasteiger partial charge in [-0.2, -0.15) is 17.0 Å². The van der Waals surface area contributed by atoms with E-state index in [0.29, 0.717) is 17.9 Å². The lowest BCUT2D eigenvalue weighted by Gasteiger charge is -2.34. The van der Waals surface area contributed by atoms with Gasteiger partial charge >= 0.3 is 5.97 Å². The SMILES string of the molecule is N#Cc1ccccc1N1CCSCC1C(=O)O. The molecule has 1 aromatic rings. The number of nitrogens with zero attached hydrogens (tertiary/aromatic N) is 2. The molecular weight excluding hydrogens is 236 g/mol. The van der Waals surface area contributed by atoms with Crippen molar-refractivity contribution in [3.8, 4) is 6.07 Å². The molecule has 1 N–H and O–H groups in total. The number of carbonyl (C=O) groups is 1. The highest BCUT2D eigenvalue weighted by Gasteiger charge is 2.30. The van der Waals surface area contributed by atoms with E-state index < -0.39 is 12.0 Å². The highest BCUT2D eigenvalue weighted by molar-refractivity contribution is 7.99. The zero-order chi connectivity index (χ0) is 12.3. The van der Waals surface area contributed by atoms with Gasteiger partial charge in [0, 0.05) is 18.1 Å². The van der Waals surface area contributed by atoms with E-state index >= 15 is 0 Å². The maximum absolute atomic E-state index is 11.2. The summed E-state index contributed by atoms with van der Waals surface area (Å²) in [4.78, 5) is 13.0. The molecule has 1 saturated heterocycles. The first-order chi connectivity index (χ1) is 8.24. The first kappa shape index (κ1) is 11.8. The van der Waals surface area contributed by atoms with Crippen LogP contribution in [0.4, 0.5) is 5.69 Å². The van der Waals surface area contributed by atoms with E-state index in [1.165, 1.54) is 0 Å². The lowest BCUT2D eigenvalue weighted by molar-refractivity contribution is -0.138. The third-order valence-electron chi connectivity index (χ3n) is 2.75. The van der Waals surface area contributed by atoms with Crippen LogP contribution in [-0.4, -0.2) is 35.2 Å². The van der Waals surface area contributed by atoms with E-state index in [1.54, 1.807) is 23.9 Å². The molecule has 0 saturated carbocycles. The average molecular weight is 248 g/mol. The van der Waals surface area contributed by atoms with Crippen LogP contribution in [0.5, 0.6) is 0 Å². The molecule has 2 rings (SSSR count). The van der Waals surface area contributed by atoms with Gasteiger partial charge in [0.05, 0.1) is 11.3 Å². The summed E-state index contributed by atoms with van der Waals surface area (Å²) in [6.45, 7) is 0.667. The molecule has 1 aromatic carbocycles. The van der Waals surface area contributed by atoms with Gasteiger partial charge in [0.25, 0.3) is 0 Å². The van der Waals surface area contributed by atoms with Gasteiger partial charge in [-0.3, -0.25) is 0 Å². The van der Waals surface area contributed by atoms with Crippen LogP contribution < -0.4 is 4.90 Å². The Kier molecular flexibility index (Phi) is 3.55. The van der Waals surface area contributed by atoms with Crippen LogP contribution in [0.3, 0.4) is 0 Å². The first-order valence-corrected chi connectivity index (χ1v) is 6.46. The van der Waals surface area contributed by atoms with Crippen molar-refractivity contribution in [2.45, 2.75) is 6.04 Å². The molecule has 0 radical (unpaired) electrons. The minimum absolute atomic E-state index is 0.533. The van der Waals surface area contributed by atoms with Crippen molar-refractivity contribution in [2.75, 3.05) is 23.0 Å². The standard InChI is InChI=1S/C12H12N2O2S/c13-7-9-3-1-2-4-10(9)14-5-6-17-8-11(14)12(15)16/h1-4,11H,5-6,8H2,(H,15,16). The van der Waals surface area contributed by atoms with Gasteiger partial charge in [-0.25, -0.2) is 4.79 Å². The molecule has 0 spiro atoms. The second-order valence-electron chi connectivity index (χ2n) is 3.75. The number of hydrogen-bond donors (Lipinski definition) is 1. The Bertz CT molecular complexity index is 470. The summed E-state index contributed by atoms with van der Waals surface area (Å²) in [5.41, 5.74) is 1.26. The van der Waals surface area contributed by atoms with Crippen LogP contribution in [0.1, 0.15) is 5.56 Å². The van der Waals surface area contributed by atoms with E-state index in [0.717, 1.165) is 11.4 Å². The summed E-state index contributed by atoms with van der Waals surface area (Å²) in [6, 6.07) is 8.72. The number of hydrogen-bond acceptors (Lipinski definition) is 4. The Balaban J connectivity index is 2.36. The van der Waals surface area contributed by atoms with Crippen molar-refractivity contribution in [3.63, 3.8) is 0 Å². The van der Waals surface area contributed by atoms with Gasteiger partial charge in [0.1, 0.15) is 12.1 Å². The van der Waals surface area contributed by atoms with Gasteiger partial charge in [-0.1, -0.05) is 12.1 Å². The van der Waals surface area contributed by atoms with E-state index in [1.807, 2.05) is 17.0 Å². The number of benzene rings is 1. The van der Waals surface area contributed by atoms with Crippen molar-refractivity contribution in [1.82, 2.24) is 0 Å². The summed E-state index contributed by atoms with van der Waals surface area (Å²) in [5.74, 6) is 0.628. The van der Waals surface area contributed by atoms with E-state index in [4.69, 9.17) is 5.26 Å². The molecule has 1 aliphatic heterocycles. The van der Waals surface area contributed by atoms with Gasteiger partial charge < -0.3 is 10.0 Å². The second-order valence-corrected chi connectivity index (χ2v) is 4.90. The number of anilines is 1. The minimum atomic E-state index is -0.829. The maximum Gasteiger partial charge on any atom is 0.327 e. The van der Waals surface area contributed by atoms with Crippen LogP contribution in [-0.2, 0) is 4.79 Å². The van der Waals surface area contributed by atoms with Gasteiger partial charge in [-0.15, -0.1) is 0 Å². The molecule has 5 heteroatoms. The van der Waals surface area contributed by atoms with Crippen molar-refractivity contribution >= 4 is 23.4 Å². The third kappa shape index (κ3) is 2.37. The van der Waals surface area contributed by atoms with Crippen LogP contribution in [0.15, 0.2) is 24.3 Å². The van der Waals surface area contributed by atoms with Crippen molar-refractivity contribution in [2.24, 2.45) is 0 Å². The van der Waals surface area contributed by atoms with Gasteiger partial charge in [0.2, 0.25) is 0 Å². The molecule has 17 heavy (non-hydrogen) atoms. The smallest absolute Gasteiger partial charge is 0.327 e. The molecule has 0 amide bonds. The fourth-order valence-electron chi connectivity index (χ4n) is 1.92. The number of thioether (sulfide) groups is 1. The Morgan fingerprint density at radius 2 is 2.29 bits per heavy atom. The van der Waals surface area contributed by atoms with Crippen LogP contribution in [0, 0.1) is 11.3 Å². The van der Waals surface area contributed by atoms with Crippen LogP contribution in [0.25, 0.3) is 0 Å². The highest BCUT2D eigenvalue weighted by Crippen LogP contribution is 2.26. The molecule has 4 nitrogen and oxygen atoms in total. The molecule has 1 heterocycles. The topological polar surface area (TPSA) is 64.3 Å². The van der Waals surface area contributed by atoms with Crippen molar-refractivity contribution in [3.05, 3.63) is 29.8 Å². The number of para-hydroxylation sites is 1. The van der Waals surface area contributed by atoms with Crippen molar-refractivity contribution < 1.29 is 9.90 Å². The lowest BCUT2D eigenvalue weighted by atomic mass is 10.1. The Morgan fingerprint density at radius 1 is 1.53 bits per heavy atom. The normalized spacial score (nSPS) is 19.7. The molecule has 1 unspecified atom stereocenters.